The van der Waals surface area contributed by atoms with Gasteiger partial charge in [0.1, 0.15) is 12.4 Å². The summed E-state index contributed by atoms with van der Waals surface area (Å²) >= 11 is 3.47. The maximum absolute atomic E-state index is 6.00. The van der Waals surface area contributed by atoms with Crippen molar-refractivity contribution < 1.29 is 9.47 Å². The highest BCUT2D eigenvalue weighted by atomic mass is 79.9. The molecule has 1 N–H and O–H groups in total. The fourth-order valence-corrected chi connectivity index (χ4v) is 2.67. The van der Waals surface area contributed by atoms with Gasteiger partial charge in [0.15, 0.2) is 0 Å². The molecular formula is C16H24BrNO2. The second-order valence-electron chi connectivity index (χ2n) is 5.74. The van der Waals surface area contributed by atoms with Crippen molar-refractivity contribution in [1.29, 1.82) is 0 Å². The van der Waals surface area contributed by atoms with E-state index in [1.807, 2.05) is 12.1 Å². The second-order valence-corrected chi connectivity index (χ2v) is 6.66. The minimum atomic E-state index is 0.215. The van der Waals surface area contributed by atoms with Crippen LogP contribution < -0.4 is 10.1 Å². The van der Waals surface area contributed by atoms with E-state index in [4.69, 9.17) is 9.47 Å². The normalized spacial score (nSPS) is 22.4. The van der Waals surface area contributed by atoms with Crippen LogP contribution in [0.2, 0.25) is 0 Å². The van der Waals surface area contributed by atoms with Crippen LogP contribution in [0.1, 0.15) is 32.3 Å². The Hall–Kier alpha value is -0.580. The van der Waals surface area contributed by atoms with E-state index < -0.39 is 0 Å². The van der Waals surface area contributed by atoms with Gasteiger partial charge in [-0.2, -0.15) is 0 Å². The van der Waals surface area contributed by atoms with Crippen LogP contribution in [-0.2, 0) is 4.74 Å². The first-order valence-corrected chi connectivity index (χ1v) is 8.11. The zero-order chi connectivity index (χ0) is 14.5. The molecule has 0 spiro atoms. The first kappa shape index (κ1) is 15.8. The minimum Gasteiger partial charge on any atom is -0.491 e. The fourth-order valence-electron chi connectivity index (χ4n) is 2.33. The lowest BCUT2D eigenvalue weighted by atomic mass is 10.2. The predicted molar refractivity (Wildman–Crippen MR) is 85.4 cm³/mol. The van der Waals surface area contributed by atoms with E-state index in [9.17, 15) is 0 Å². The van der Waals surface area contributed by atoms with E-state index in [-0.39, 0.29) is 6.10 Å². The topological polar surface area (TPSA) is 30.5 Å². The van der Waals surface area contributed by atoms with Crippen LogP contribution in [0.4, 0.5) is 0 Å². The zero-order valence-corrected chi connectivity index (χ0v) is 14.1. The molecule has 20 heavy (non-hydrogen) atoms. The number of hydrogen-bond donors (Lipinski definition) is 1. The number of ether oxygens (including phenoxy) is 2. The summed E-state index contributed by atoms with van der Waals surface area (Å²) in [6, 6.07) is 6.62. The number of rotatable bonds is 6. The summed E-state index contributed by atoms with van der Waals surface area (Å²) in [5, 5.41) is 3.43. The maximum Gasteiger partial charge on any atom is 0.123 e. The molecule has 0 aliphatic carbocycles. The third kappa shape index (κ3) is 4.76. The molecule has 1 aliphatic heterocycles. The third-order valence-corrected chi connectivity index (χ3v) is 4.02. The lowest BCUT2D eigenvalue weighted by Crippen LogP contribution is -2.32. The van der Waals surface area contributed by atoms with Crippen molar-refractivity contribution in [2.45, 2.75) is 51.9 Å². The molecule has 0 amide bonds. The summed E-state index contributed by atoms with van der Waals surface area (Å²) < 4.78 is 13.0. The Morgan fingerprint density at radius 1 is 1.35 bits per heavy atom. The van der Waals surface area contributed by atoms with E-state index in [1.165, 1.54) is 0 Å². The van der Waals surface area contributed by atoms with Crippen molar-refractivity contribution in [2.75, 3.05) is 13.2 Å². The minimum absolute atomic E-state index is 0.215. The monoisotopic (exact) mass is 341 g/mol. The van der Waals surface area contributed by atoms with Gasteiger partial charge < -0.3 is 14.8 Å². The van der Waals surface area contributed by atoms with Crippen LogP contribution >= 0.6 is 15.9 Å². The van der Waals surface area contributed by atoms with E-state index in [0.717, 1.165) is 35.2 Å². The quantitative estimate of drug-likeness (QED) is 0.855. The van der Waals surface area contributed by atoms with E-state index in [0.29, 0.717) is 18.8 Å². The molecule has 3 nitrogen and oxygen atoms in total. The van der Waals surface area contributed by atoms with Crippen LogP contribution in [0.25, 0.3) is 0 Å². The largest absolute Gasteiger partial charge is 0.491 e. The average Bonchev–Trinajstić information content (AvgIpc) is 2.85. The highest BCUT2D eigenvalue weighted by molar-refractivity contribution is 9.10. The Bertz CT molecular complexity index is 436. The predicted octanol–water partition coefficient (Wildman–Crippen LogP) is 3.68. The van der Waals surface area contributed by atoms with E-state index in [1.54, 1.807) is 0 Å². The Morgan fingerprint density at radius 3 is 2.85 bits per heavy atom. The molecule has 1 fully saturated rings. The molecular weight excluding hydrogens is 318 g/mol. The molecule has 0 bridgehead atoms. The number of halogens is 1. The van der Waals surface area contributed by atoms with Gasteiger partial charge in [0.25, 0.3) is 0 Å². The number of hydrogen-bond acceptors (Lipinski definition) is 3. The molecule has 0 saturated carbocycles. The summed E-state index contributed by atoms with van der Waals surface area (Å²) in [6.07, 6.45) is 2.74. The van der Waals surface area contributed by atoms with Gasteiger partial charge in [-0.15, -0.1) is 0 Å². The summed E-state index contributed by atoms with van der Waals surface area (Å²) in [5.74, 6) is 0.937. The van der Waals surface area contributed by atoms with Gasteiger partial charge in [0.05, 0.1) is 12.2 Å². The smallest absolute Gasteiger partial charge is 0.123 e. The lowest BCUT2D eigenvalue weighted by Gasteiger charge is -2.17. The number of aryl methyl sites for hydroxylation is 1. The lowest BCUT2D eigenvalue weighted by molar-refractivity contribution is 0.0177. The third-order valence-electron chi connectivity index (χ3n) is 3.52. The Labute approximate surface area is 130 Å². The van der Waals surface area contributed by atoms with Gasteiger partial charge >= 0.3 is 0 Å². The highest BCUT2D eigenvalue weighted by Crippen LogP contribution is 2.25. The molecule has 4 heteroatoms. The van der Waals surface area contributed by atoms with Crippen molar-refractivity contribution in [3.8, 4) is 5.75 Å². The van der Waals surface area contributed by atoms with Crippen molar-refractivity contribution in [3.05, 3.63) is 28.2 Å². The maximum atomic E-state index is 6.00. The molecule has 1 aromatic carbocycles. The van der Waals surface area contributed by atoms with Crippen molar-refractivity contribution in [2.24, 2.45) is 0 Å². The van der Waals surface area contributed by atoms with E-state index >= 15 is 0 Å². The molecule has 2 unspecified atom stereocenters. The molecule has 1 heterocycles. The van der Waals surface area contributed by atoms with Crippen molar-refractivity contribution in [1.82, 2.24) is 5.32 Å². The van der Waals surface area contributed by atoms with Crippen molar-refractivity contribution in [3.63, 3.8) is 0 Å². The highest BCUT2D eigenvalue weighted by Gasteiger charge is 2.25. The first-order valence-electron chi connectivity index (χ1n) is 7.32. The number of benzene rings is 1. The van der Waals surface area contributed by atoms with Crippen LogP contribution in [0.5, 0.6) is 5.75 Å². The van der Waals surface area contributed by atoms with Gasteiger partial charge in [0, 0.05) is 17.1 Å². The molecule has 0 aromatic heterocycles. The van der Waals surface area contributed by atoms with Gasteiger partial charge in [-0.1, -0.05) is 35.8 Å². The standard InChI is InChI=1S/C16H24BrNO2/c1-11(2)18-9-14-6-7-15(20-14)10-19-16-8-13(17)5-4-12(16)3/h4-5,8,11,14-15,18H,6-7,9-10H2,1-3H3. The molecule has 0 radical (unpaired) electrons. The Morgan fingerprint density at radius 2 is 2.10 bits per heavy atom. The second kappa shape index (κ2) is 7.43. The first-order chi connectivity index (χ1) is 9.54. The molecule has 112 valence electrons. The summed E-state index contributed by atoms with van der Waals surface area (Å²) in [6.45, 7) is 7.95. The SMILES string of the molecule is Cc1ccc(Br)cc1OCC1CCC(CNC(C)C)O1. The summed E-state index contributed by atoms with van der Waals surface area (Å²) in [5.41, 5.74) is 1.16. The zero-order valence-electron chi connectivity index (χ0n) is 12.5. The summed E-state index contributed by atoms with van der Waals surface area (Å²) in [4.78, 5) is 0. The van der Waals surface area contributed by atoms with Gasteiger partial charge in [0.2, 0.25) is 0 Å². The molecule has 2 rings (SSSR count). The van der Waals surface area contributed by atoms with E-state index in [2.05, 4.69) is 48.1 Å². The van der Waals surface area contributed by atoms with Crippen molar-refractivity contribution >= 4 is 15.9 Å². The van der Waals surface area contributed by atoms with Gasteiger partial charge in [-0.25, -0.2) is 0 Å². The molecule has 1 saturated heterocycles. The fraction of sp³-hybridized carbons (Fsp3) is 0.625. The Kier molecular flexibility index (Phi) is 5.87. The summed E-state index contributed by atoms with van der Waals surface area (Å²) in [7, 11) is 0. The van der Waals surface area contributed by atoms with Gasteiger partial charge in [-0.05, 0) is 37.5 Å². The molecule has 1 aliphatic rings. The Balaban J connectivity index is 1.76. The molecule has 2 atom stereocenters. The van der Waals surface area contributed by atoms with Crippen LogP contribution in [0.15, 0.2) is 22.7 Å². The average molecular weight is 342 g/mol. The van der Waals surface area contributed by atoms with Crippen LogP contribution in [0, 0.1) is 6.92 Å². The number of nitrogens with one attached hydrogen (secondary N) is 1. The molecule has 1 aromatic rings. The van der Waals surface area contributed by atoms with Gasteiger partial charge in [-0.3, -0.25) is 0 Å². The van der Waals surface area contributed by atoms with Crippen LogP contribution in [-0.4, -0.2) is 31.4 Å². The van der Waals surface area contributed by atoms with Crippen LogP contribution in [0.3, 0.4) is 0 Å².